The van der Waals surface area contributed by atoms with Crippen molar-refractivity contribution in [1.82, 2.24) is 4.31 Å². The Balaban J connectivity index is 1.91. The summed E-state index contributed by atoms with van der Waals surface area (Å²) in [4.78, 5) is 0.446. The summed E-state index contributed by atoms with van der Waals surface area (Å²) >= 11 is 1.60. The molecule has 3 rings (SSSR count). The molecule has 0 saturated carbocycles. The van der Waals surface area contributed by atoms with Crippen LogP contribution in [0.3, 0.4) is 0 Å². The minimum atomic E-state index is -3.43. The van der Waals surface area contributed by atoms with Gasteiger partial charge in [0, 0.05) is 13.1 Å². The number of nitrogens with zero attached hydrogens (tertiary/aromatic N) is 1. The Labute approximate surface area is 143 Å². The minimum Gasteiger partial charge on any atom is -0.207 e. The van der Waals surface area contributed by atoms with Crippen LogP contribution in [0.2, 0.25) is 0 Å². The number of benzene rings is 1. The van der Waals surface area contributed by atoms with Gasteiger partial charge in [0.05, 0.1) is 4.90 Å². The number of fused-ring (bicyclic) bond motifs is 1. The van der Waals surface area contributed by atoms with Crippen molar-refractivity contribution < 1.29 is 8.42 Å². The SMILES string of the molecule is CCCN(Cc1ccsc1)S(=O)(=O)c1ccc2c(c1)CCCC2. The molecule has 5 heteroatoms. The van der Waals surface area contributed by atoms with Gasteiger partial charge in [0.15, 0.2) is 0 Å². The third-order valence-corrected chi connectivity index (χ3v) is 6.94. The van der Waals surface area contributed by atoms with E-state index in [0.29, 0.717) is 18.0 Å². The zero-order valence-electron chi connectivity index (χ0n) is 13.5. The highest BCUT2D eigenvalue weighted by molar-refractivity contribution is 7.89. The monoisotopic (exact) mass is 349 g/mol. The van der Waals surface area contributed by atoms with Gasteiger partial charge in [0.25, 0.3) is 0 Å². The van der Waals surface area contributed by atoms with E-state index in [2.05, 4.69) is 0 Å². The second kappa shape index (κ2) is 7.16. The molecular weight excluding hydrogens is 326 g/mol. The van der Waals surface area contributed by atoms with Crippen molar-refractivity contribution >= 4 is 21.4 Å². The van der Waals surface area contributed by atoms with Crippen molar-refractivity contribution in [2.24, 2.45) is 0 Å². The normalized spacial score (nSPS) is 14.9. The fraction of sp³-hybridized carbons (Fsp3) is 0.444. The summed E-state index contributed by atoms with van der Waals surface area (Å²) in [6.45, 7) is 3.02. The lowest BCUT2D eigenvalue weighted by Crippen LogP contribution is -2.31. The van der Waals surface area contributed by atoms with Gasteiger partial charge in [-0.15, -0.1) is 0 Å². The topological polar surface area (TPSA) is 37.4 Å². The Bertz CT molecular complexity index is 751. The lowest BCUT2D eigenvalue weighted by atomic mass is 9.92. The van der Waals surface area contributed by atoms with Crippen LogP contribution in [0.4, 0.5) is 0 Å². The van der Waals surface area contributed by atoms with Gasteiger partial charge in [-0.05, 0) is 77.8 Å². The van der Waals surface area contributed by atoms with Crippen LogP contribution in [0.1, 0.15) is 42.9 Å². The molecule has 124 valence electrons. The van der Waals surface area contributed by atoms with Crippen molar-refractivity contribution in [3.8, 4) is 0 Å². The first kappa shape index (κ1) is 16.7. The quantitative estimate of drug-likeness (QED) is 0.783. The second-order valence-electron chi connectivity index (χ2n) is 6.11. The number of rotatable bonds is 6. The highest BCUT2D eigenvalue weighted by Crippen LogP contribution is 2.26. The fourth-order valence-electron chi connectivity index (χ4n) is 3.14. The molecule has 1 aromatic carbocycles. The van der Waals surface area contributed by atoms with Crippen LogP contribution in [0.25, 0.3) is 0 Å². The van der Waals surface area contributed by atoms with Crippen LogP contribution in [0, 0.1) is 0 Å². The molecule has 0 amide bonds. The first-order chi connectivity index (χ1) is 11.1. The molecule has 0 fully saturated rings. The first-order valence-corrected chi connectivity index (χ1v) is 10.6. The Morgan fingerprint density at radius 1 is 1.13 bits per heavy atom. The maximum Gasteiger partial charge on any atom is 0.243 e. The van der Waals surface area contributed by atoms with E-state index in [9.17, 15) is 8.42 Å². The van der Waals surface area contributed by atoms with E-state index < -0.39 is 10.0 Å². The van der Waals surface area contributed by atoms with Gasteiger partial charge in [-0.25, -0.2) is 8.42 Å². The summed E-state index contributed by atoms with van der Waals surface area (Å²) in [5.41, 5.74) is 3.59. The Hall–Kier alpha value is -1.17. The minimum absolute atomic E-state index is 0.446. The number of hydrogen-bond acceptors (Lipinski definition) is 3. The molecule has 0 N–H and O–H groups in total. The lowest BCUT2D eigenvalue weighted by molar-refractivity contribution is 0.406. The van der Waals surface area contributed by atoms with Crippen molar-refractivity contribution in [1.29, 1.82) is 0 Å². The average molecular weight is 350 g/mol. The molecule has 1 aliphatic carbocycles. The van der Waals surface area contributed by atoms with Crippen LogP contribution in [0.15, 0.2) is 39.9 Å². The summed E-state index contributed by atoms with van der Waals surface area (Å²) in [6.07, 6.45) is 5.25. The van der Waals surface area contributed by atoms with Crippen LogP contribution in [-0.4, -0.2) is 19.3 Å². The van der Waals surface area contributed by atoms with Crippen LogP contribution >= 0.6 is 11.3 Å². The van der Waals surface area contributed by atoms with Gasteiger partial charge in [-0.3, -0.25) is 0 Å². The van der Waals surface area contributed by atoms with E-state index in [4.69, 9.17) is 0 Å². The molecule has 0 radical (unpaired) electrons. The van der Waals surface area contributed by atoms with Crippen molar-refractivity contribution in [3.63, 3.8) is 0 Å². The molecule has 1 heterocycles. The third kappa shape index (κ3) is 3.67. The summed E-state index contributed by atoms with van der Waals surface area (Å²) < 4.78 is 27.7. The van der Waals surface area contributed by atoms with E-state index in [1.807, 2.05) is 35.9 Å². The van der Waals surface area contributed by atoms with Crippen LogP contribution < -0.4 is 0 Å². The first-order valence-electron chi connectivity index (χ1n) is 8.24. The predicted octanol–water partition coefficient (Wildman–Crippen LogP) is 4.23. The summed E-state index contributed by atoms with van der Waals surface area (Å²) in [5, 5.41) is 4.01. The molecule has 0 saturated heterocycles. The molecule has 0 atom stereocenters. The predicted molar refractivity (Wildman–Crippen MR) is 95.3 cm³/mol. The smallest absolute Gasteiger partial charge is 0.207 e. The number of thiophene rings is 1. The molecule has 23 heavy (non-hydrogen) atoms. The van der Waals surface area contributed by atoms with E-state index in [-0.39, 0.29) is 0 Å². The summed E-state index contributed by atoms with van der Waals surface area (Å²) in [6, 6.07) is 7.70. The van der Waals surface area contributed by atoms with Crippen molar-refractivity contribution in [3.05, 3.63) is 51.7 Å². The van der Waals surface area contributed by atoms with Gasteiger partial charge in [-0.1, -0.05) is 13.0 Å². The number of aryl methyl sites for hydroxylation is 2. The number of hydrogen-bond donors (Lipinski definition) is 0. The van der Waals surface area contributed by atoms with E-state index in [0.717, 1.165) is 31.2 Å². The molecule has 2 aromatic rings. The molecule has 0 unspecified atom stereocenters. The molecule has 0 bridgehead atoms. The van der Waals surface area contributed by atoms with Gasteiger partial charge in [0.1, 0.15) is 0 Å². The fourth-order valence-corrected chi connectivity index (χ4v) is 5.37. The van der Waals surface area contributed by atoms with Crippen LogP contribution in [-0.2, 0) is 29.4 Å². The maximum absolute atomic E-state index is 13.1. The van der Waals surface area contributed by atoms with Crippen LogP contribution in [0.5, 0.6) is 0 Å². The molecule has 0 aliphatic heterocycles. The zero-order valence-corrected chi connectivity index (χ0v) is 15.1. The average Bonchev–Trinajstić information content (AvgIpc) is 3.07. The number of sulfonamides is 1. The standard InChI is InChI=1S/C18H23NO2S2/c1-2-10-19(13-15-9-11-22-14-15)23(20,21)18-8-7-16-5-3-4-6-17(16)12-18/h7-9,11-12,14H,2-6,10,13H2,1H3. The van der Waals surface area contributed by atoms with Gasteiger partial charge in [-0.2, -0.15) is 15.6 Å². The highest BCUT2D eigenvalue weighted by atomic mass is 32.2. The van der Waals surface area contributed by atoms with Gasteiger partial charge < -0.3 is 0 Å². The molecular formula is C18H23NO2S2. The molecule has 3 nitrogen and oxygen atoms in total. The Morgan fingerprint density at radius 2 is 1.91 bits per heavy atom. The molecule has 0 spiro atoms. The highest BCUT2D eigenvalue weighted by Gasteiger charge is 2.25. The summed E-state index contributed by atoms with van der Waals surface area (Å²) in [7, 11) is -3.43. The summed E-state index contributed by atoms with van der Waals surface area (Å²) in [5.74, 6) is 0. The Kier molecular flexibility index (Phi) is 5.19. The largest absolute Gasteiger partial charge is 0.243 e. The Morgan fingerprint density at radius 3 is 2.61 bits per heavy atom. The molecule has 1 aromatic heterocycles. The zero-order chi connectivity index (χ0) is 16.3. The second-order valence-corrected chi connectivity index (χ2v) is 8.83. The van der Waals surface area contributed by atoms with E-state index in [1.165, 1.54) is 17.5 Å². The van der Waals surface area contributed by atoms with Crippen molar-refractivity contribution in [2.45, 2.75) is 50.5 Å². The molecule has 1 aliphatic rings. The van der Waals surface area contributed by atoms with Gasteiger partial charge >= 0.3 is 0 Å². The van der Waals surface area contributed by atoms with Crippen molar-refractivity contribution in [2.75, 3.05) is 6.54 Å². The third-order valence-electron chi connectivity index (χ3n) is 4.37. The maximum atomic E-state index is 13.1. The lowest BCUT2D eigenvalue weighted by Gasteiger charge is -2.23. The van der Waals surface area contributed by atoms with Gasteiger partial charge in [0.2, 0.25) is 10.0 Å². The van der Waals surface area contributed by atoms with E-state index >= 15 is 0 Å². The van der Waals surface area contributed by atoms with E-state index in [1.54, 1.807) is 21.7 Å².